The fourth-order valence-corrected chi connectivity index (χ4v) is 4.53. The van der Waals surface area contributed by atoms with Crippen molar-refractivity contribution in [1.82, 2.24) is 25.0 Å². The zero-order chi connectivity index (χ0) is 24.9. The summed E-state index contributed by atoms with van der Waals surface area (Å²) in [4.78, 5) is 32.0. The average molecular weight is 480 g/mol. The highest BCUT2D eigenvalue weighted by atomic mass is 16.2. The molecule has 1 aliphatic rings. The van der Waals surface area contributed by atoms with Gasteiger partial charge in [0.05, 0.1) is 11.3 Å². The average Bonchev–Trinajstić information content (AvgIpc) is 3.40. The second kappa shape index (κ2) is 10.6. The van der Waals surface area contributed by atoms with E-state index in [2.05, 4.69) is 29.4 Å². The predicted octanol–water partition coefficient (Wildman–Crippen LogP) is 4.53. The van der Waals surface area contributed by atoms with Crippen molar-refractivity contribution in [2.75, 3.05) is 13.1 Å². The fraction of sp³-hybridized carbons (Fsp3) is 0.241. The van der Waals surface area contributed by atoms with Gasteiger partial charge >= 0.3 is 0 Å². The van der Waals surface area contributed by atoms with Gasteiger partial charge < -0.3 is 10.2 Å². The van der Waals surface area contributed by atoms with Crippen molar-refractivity contribution in [2.24, 2.45) is 0 Å². The number of nitrogens with one attached hydrogen (secondary N) is 1. The minimum atomic E-state index is -0.148. The minimum Gasteiger partial charge on any atom is -0.349 e. The van der Waals surface area contributed by atoms with Gasteiger partial charge in [-0.15, -0.1) is 0 Å². The van der Waals surface area contributed by atoms with Gasteiger partial charge in [-0.05, 0) is 49.1 Å². The quantitative estimate of drug-likeness (QED) is 0.441. The lowest BCUT2D eigenvalue weighted by Gasteiger charge is -2.32. The first-order valence-corrected chi connectivity index (χ1v) is 12.4. The summed E-state index contributed by atoms with van der Waals surface area (Å²) in [5, 5.41) is 7.98. The van der Waals surface area contributed by atoms with E-state index in [4.69, 9.17) is 5.10 Å². The van der Waals surface area contributed by atoms with Crippen molar-refractivity contribution < 1.29 is 9.59 Å². The highest BCUT2D eigenvalue weighted by molar-refractivity contribution is 6.00. The highest BCUT2D eigenvalue weighted by Crippen LogP contribution is 2.25. The van der Waals surface area contributed by atoms with Crippen LogP contribution in [0.5, 0.6) is 0 Å². The summed E-state index contributed by atoms with van der Waals surface area (Å²) >= 11 is 0. The van der Waals surface area contributed by atoms with Crippen LogP contribution in [0.1, 0.15) is 46.0 Å². The van der Waals surface area contributed by atoms with Crippen molar-refractivity contribution >= 4 is 11.8 Å². The lowest BCUT2D eigenvalue weighted by atomic mass is 10.0. The maximum absolute atomic E-state index is 13.5. The number of likely N-dealkylation sites (tertiary alicyclic amines) is 1. The molecule has 4 aromatic rings. The summed E-state index contributed by atoms with van der Waals surface area (Å²) in [5.74, 6) is -0.144. The third kappa shape index (κ3) is 5.05. The number of pyridine rings is 1. The number of para-hydroxylation sites is 1. The Morgan fingerprint density at radius 1 is 0.944 bits per heavy atom. The number of amides is 2. The minimum absolute atomic E-state index is 0.00382. The molecule has 7 heteroatoms. The molecule has 7 nitrogen and oxygen atoms in total. The SMILES string of the molecule is CCc1ccc(-c2nn(-c3ccccc3)cc2C(=O)NC2CCN(C(=O)c3ccncc3)CC2)cc1. The third-order valence-electron chi connectivity index (χ3n) is 6.66. The van der Waals surface area contributed by atoms with Crippen molar-refractivity contribution in [3.63, 3.8) is 0 Å². The molecule has 0 atom stereocenters. The maximum Gasteiger partial charge on any atom is 0.255 e. The van der Waals surface area contributed by atoms with Crippen LogP contribution in [0.25, 0.3) is 16.9 Å². The van der Waals surface area contributed by atoms with E-state index in [1.54, 1.807) is 35.4 Å². The van der Waals surface area contributed by atoms with Crippen LogP contribution in [-0.4, -0.2) is 50.6 Å². The Morgan fingerprint density at radius 3 is 2.31 bits per heavy atom. The van der Waals surface area contributed by atoms with Crippen molar-refractivity contribution in [1.29, 1.82) is 0 Å². The monoisotopic (exact) mass is 479 g/mol. The van der Waals surface area contributed by atoms with Gasteiger partial charge in [-0.2, -0.15) is 5.10 Å². The summed E-state index contributed by atoms with van der Waals surface area (Å²) < 4.78 is 1.76. The van der Waals surface area contributed by atoms with Gasteiger partial charge in [0, 0.05) is 48.8 Å². The van der Waals surface area contributed by atoms with E-state index in [0.29, 0.717) is 42.8 Å². The maximum atomic E-state index is 13.5. The normalized spacial score (nSPS) is 14.0. The Morgan fingerprint density at radius 2 is 1.64 bits per heavy atom. The van der Waals surface area contributed by atoms with Gasteiger partial charge in [0.1, 0.15) is 5.69 Å². The van der Waals surface area contributed by atoms with Crippen LogP contribution in [0.4, 0.5) is 0 Å². The zero-order valence-corrected chi connectivity index (χ0v) is 20.3. The number of piperidine rings is 1. The number of carbonyl (C=O) groups is 2. The molecule has 1 aliphatic heterocycles. The number of hydrogen-bond acceptors (Lipinski definition) is 4. The lowest BCUT2D eigenvalue weighted by Crippen LogP contribution is -2.46. The molecule has 36 heavy (non-hydrogen) atoms. The van der Waals surface area contributed by atoms with Crippen LogP contribution in [0, 0.1) is 0 Å². The second-order valence-electron chi connectivity index (χ2n) is 9.00. The van der Waals surface area contributed by atoms with E-state index < -0.39 is 0 Å². The van der Waals surface area contributed by atoms with Crippen LogP contribution in [0.3, 0.4) is 0 Å². The van der Waals surface area contributed by atoms with Gasteiger partial charge in [-0.25, -0.2) is 4.68 Å². The molecule has 5 rings (SSSR count). The summed E-state index contributed by atoms with van der Waals surface area (Å²) in [6, 6.07) is 21.5. The number of hydrogen-bond donors (Lipinski definition) is 1. The first-order chi connectivity index (χ1) is 17.6. The van der Waals surface area contributed by atoms with Crippen molar-refractivity contribution in [3.8, 4) is 16.9 Å². The van der Waals surface area contributed by atoms with E-state index in [0.717, 1.165) is 17.7 Å². The standard InChI is InChI=1S/C29H29N5O2/c1-2-21-8-10-22(11-9-21)27-26(20-34(32-27)25-6-4-3-5-7-25)28(35)31-24-14-18-33(19-15-24)29(36)23-12-16-30-17-13-23/h3-13,16-17,20,24H,2,14-15,18-19H2,1H3,(H,31,35). The van der Waals surface area contributed by atoms with Crippen LogP contribution in [0.2, 0.25) is 0 Å². The van der Waals surface area contributed by atoms with E-state index in [9.17, 15) is 9.59 Å². The van der Waals surface area contributed by atoms with Crippen LogP contribution >= 0.6 is 0 Å². The van der Waals surface area contributed by atoms with Gasteiger partial charge in [0.15, 0.2) is 0 Å². The second-order valence-corrected chi connectivity index (χ2v) is 9.00. The summed E-state index contributed by atoms with van der Waals surface area (Å²) in [5.41, 5.74) is 4.87. The molecule has 1 saturated heterocycles. The molecule has 3 heterocycles. The highest BCUT2D eigenvalue weighted by Gasteiger charge is 2.26. The number of carbonyl (C=O) groups excluding carboxylic acids is 2. The van der Waals surface area contributed by atoms with Crippen molar-refractivity contribution in [3.05, 3.63) is 102 Å². The number of nitrogens with zero attached hydrogens (tertiary/aromatic N) is 4. The van der Waals surface area contributed by atoms with Crippen LogP contribution < -0.4 is 5.32 Å². The molecule has 0 spiro atoms. The van der Waals surface area contributed by atoms with E-state index in [1.165, 1.54) is 5.56 Å². The molecule has 0 saturated carbocycles. The fourth-order valence-electron chi connectivity index (χ4n) is 4.53. The molecule has 1 fully saturated rings. The summed E-state index contributed by atoms with van der Waals surface area (Å²) in [6.45, 7) is 3.31. The number of aryl methyl sites for hydroxylation is 1. The van der Waals surface area contributed by atoms with Gasteiger partial charge in [0.25, 0.3) is 11.8 Å². The molecule has 182 valence electrons. The van der Waals surface area contributed by atoms with Crippen LogP contribution in [-0.2, 0) is 6.42 Å². The van der Waals surface area contributed by atoms with E-state index >= 15 is 0 Å². The molecule has 2 amide bonds. The number of aromatic nitrogens is 3. The third-order valence-corrected chi connectivity index (χ3v) is 6.66. The molecular formula is C29H29N5O2. The smallest absolute Gasteiger partial charge is 0.255 e. The topological polar surface area (TPSA) is 80.1 Å². The largest absolute Gasteiger partial charge is 0.349 e. The van der Waals surface area contributed by atoms with Crippen molar-refractivity contribution in [2.45, 2.75) is 32.2 Å². The van der Waals surface area contributed by atoms with Gasteiger partial charge in [-0.3, -0.25) is 14.6 Å². The Balaban J connectivity index is 1.33. The summed E-state index contributed by atoms with van der Waals surface area (Å²) in [6.07, 6.45) is 7.42. The Kier molecular flexibility index (Phi) is 6.89. The molecule has 0 aliphatic carbocycles. The molecule has 2 aromatic carbocycles. The number of benzene rings is 2. The Labute approximate surface area is 210 Å². The first kappa shape index (κ1) is 23.5. The number of rotatable bonds is 6. The van der Waals surface area contributed by atoms with E-state index in [-0.39, 0.29) is 17.9 Å². The first-order valence-electron chi connectivity index (χ1n) is 12.4. The molecule has 1 N–H and O–H groups in total. The molecule has 2 aromatic heterocycles. The van der Waals surface area contributed by atoms with Gasteiger partial charge in [-0.1, -0.05) is 49.4 Å². The van der Waals surface area contributed by atoms with Gasteiger partial charge in [0.2, 0.25) is 0 Å². The summed E-state index contributed by atoms with van der Waals surface area (Å²) in [7, 11) is 0. The zero-order valence-electron chi connectivity index (χ0n) is 20.3. The molecule has 0 bridgehead atoms. The predicted molar refractivity (Wildman–Crippen MR) is 139 cm³/mol. The lowest BCUT2D eigenvalue weighted by molar-refractivity contribution is 0.0698. The van der Waals surface area contributed by atoms with E-state index in [1.807, 2.05) is 47.4 Å². The van der Waals surface area contributed by atoms with Crippen LogP contribution in [0.15, 0.2) is 85.3 Å². The Hall–Kier alpha value is -4.26. The molecule has 0 radical (unpaired) electrons. The molecular weight excluding hydrogens is 450 g/mol. The molecule has 0 unspecified atom stereocenters. The Bertz CT molecular complexity index is 1330.